The van der Waals surface area contributed by atoms with Crippen LogP contribution in [-0.4, -0.2) is 53.3 Å². The largest absolute Gasteiger partial charge is 0.392 e. The second kappa shape index (κ2) is 8.25. The van der Waals surface area contributed by atoms with Gasteiger partial charge in [-0.25, -0.2) is 4.98 Å². The van der Waals surface area contributed by atoms with Crippen LogP contribution in [0.25, 0.3) is 10.6 Å². The van der Waals surface area contributed by atoms with E-state index in [-0.39, 0.29) is 35.0 Å². The summed E-state index contributed by atoms with van der Waals surface area (Å²) in [5.74, 6) is 0.348. The smallest absolute Gasteiger partial charge is 0.225 e. The lowest BCUT2D eigenvalue weighted by Gasteiger charge is -2.53. The summed E-state index contributed by atoms with van der Waals surface area (Å²) in [7, 11) is 0. The maximum absolute atomic E-state index is 13.1. The van der Waals surface area contributed by atoms with Gasteiger partial charge in [0.25, 0.3) is 0 Å². The molecule has 1 N–H and O–H groups in total. The van der Waals surface area contributed by atoms with Crippen molar-refractivity contribution in [2.24, 2.45) is 23.2 Å². The van der Waals surface area contributed by atoms with E-state index in [0.717, 1.165) is 24.3 Å². The molecule has 168 valence electrons. The predicted octanol–water partition coefficient (Wildman–Crippen LogP) is 4.42. The Kier molecular flexibility index (Phi) is 5.74. The third-order valence-electron chi connectivity index (χ3n) is 8.04. The molecular formula is C24H32N2O3S2. The number of rotatable bonds is 3. The number of thiazole rings is 1. The molecule has 31 heavy (non-hydrogen) atoms. The predicted molar refractivity (Wildman–Crippen MR) is 124 cm³/mol. The number of amides is 1. The first-order valence-electron chi connectivity index (χ1n) is 11.5. The minimum Gasteiger partial charge on any atom is -0.392 e. The van der Waals surface area contributed by atoms with Crippen molar-refractivity contribution < 1.29 is 14.6 Å². The van der Waals surface area contributed by atoms with Crippen LogP contribution in [0.2, 0.25) is 0 Å². The summed E-state index contributed by atoms with van der Waals surface area (Å²) in [5.41, 5.74) is 2.43. The van der Waals surface area contributed by atoms with E-state index in [4.69, 9.17) is 9.72 Å². The summed E-state index contributed by atoms with van der Waals surface area (Å²) in [5, 5.41) is 17.0. The molecule has 6 atom stereocenters. The van der Waals surface area contributed by atoms with Crippen molar-refractivity contribution in [1.29, 1.82) is 0 Å². The van der Waals surface area contributed by atoms with Crippen molar-refractivity contribution in [2.45, 2.75) is 52.1 Å². The topological polar surface area (TPSA) is 62.7 Å². The van der Waals surface area contributed by atoms with E-state index in [9.17, 15) is 9.90 Å². The second-order valence-corrected chi connectivity index (χ2v) is 11.8. The van der Waals surface area contributed by atoms with Crippen molar-refractivity contribution in [3.8, 4) is 10.6 Å². The van der Waals surface area contributed by atoms with E-state index in [1.807, 2.05) is 23.2 Å². The zero-order chi connectivity index (χ0) is 21.8. The number of aliphatic hydroxyl groups excluding tert-OH is 1. The Labute approximate surface area is 192 Å². The summed E-state index contributed by atoms with van der Waals surface area (Å²) >= 11 is 3.53. The first-order chi connectivity index (χ1) is 14.9. The Balaban J connectivity index is 1.40. The average Bonchev–Trinajstić information content (AvgIpc) is 3.43. The number of nitrogens with zero attached hydrogens (tertiary/aromatic N) is 2. The van der Waals surface area contributed by atoms with Crippen LogP contribution in [0.15, 0.2) is 16.8 Å². The SMILES string of the molecule is C[C@H](C(=O)N1CCOCC1)[C@H]1CC[C@@]2(C)Cc3sc(-c4ccsc4)nc3[C@@H](C)[C@@H]2[C@H]1O. The average molecular weight is 461 g/mol. The van der Waals surface area contributed by atoms with E-state index in [2.05, 4.69) is 30.7 Å². The summed E-state index contributed by atoms with van der Waals surface area (Å²) in [6, 6.07) is 2.14. The number of morpholine rings is 1. The Morgan fingerprint density at radius 3 is 2.87 bits per heavy atom. The minimum atomic E-state index is -0.479. The van der Waals surface area contributed by atoms with Gasteiger partial charge in [-0.1, -0.05) is 20.8 Å². The van der Waals surface area contributed by atoms with Gasteiger partial charge in [0.2, 0.25) is 5.91 Å². The highest BCUT2D eigenvalue weighted by atomic mass is 32.1. The number of hydrogen-bond donors (Lipinski definition) is 1. The third-order valence-corrected chi connectivity index (χ3v) is 9.85. The van der Waals surface area contributed by atoms with Gasteiger partial charge in [-0.3, -0.25) is 4.79 Å². The number of ether oxygens (including phenoxy) is 1. The molecule has 1 aliphatic heterocycles. The van der Waals surface area contributed by atoms with Crippen molar-refractivity contribution in [2.75, 3.05) is 26.3 Å². The lowest BCUT2D eigenvalue weighted by molar-refractivity contribution is -0.148. The van der Waals surface area contributed by atoms with Crippen molar-refractivity contribution in [3.05, 3.63) is 27.4 Å². The Bertz CT molecular complexity index is 937. The van der Waals surface area contributed by atoms with E-state index in [1.165, 1.54) is 16.1 Å². The number of aromatic nitrogens is 1. The fraction of sp³-hybridized carbons (Fsp3) is 0.667. The van der Waals surface area contributed by atoms with Crippen molar-refractivity contribution in [3.63, 3.8) is 0 Å². The molecule has 2 fully saturated rings. The zero-order valence-corrected chi connectivity index (χ0v) is 20.2. The van der Waals surface area contributed by atoms with E-state index in [0.29, 0.717) is 26.3 Å². The van der Waals surface area contributed by atoms with Crippen LogP contribution in [0, 0.1) is 23.2 Å². The Morgan fingerprint density at radius 1 is 1.39 bits per heavy atom. The quantitative estimate of drug-likeness (QED) is 0.737. The van der Waals surface area contributed by atoms with Crippen LogP contribution < -0.4 is 0 Å². The van der Waals surface area contributed by atoms with Gasteiger partial charge < -0.3 is 14.7 Å². The summed E-state index contributed by atoms with van der Waals surface area (Å²) in [4.78, 5) is 21.5. The van der Waals surface area contributed by atoms with Crippen LogP contribution in [-0.2, 0) is 16.0 Å². The molecular weight excluding hydrogens is 428 g/mol. The zero-order valence-electron chi connectivity index (χ0n) is 18.5. The molecule has 3 aliphatic rings. The van der Waals surface area contributed by atoms with Gasteiger partial charge >= 0.3 is 0 Å². The first-order valence-corrected chi connectivity index (χ1v) is 13.2. The summed E-state index contributed by atoms with van der Waals surface area (Å²) in [6.07, 6.45) is 2.46. The van der Waals surface area contributed by atoms with Crippen LogP contribution in [0.5, 0.6) is 0 Å². The first kappa shape index (κ1) is 21.6. The fourth-order valence-corrected chi connectivity index (χ4v) is 8.39. The number of carbonyl (C=O) groups is 1. The number of hydrogen-bond acceptors (Lipinski definition) is 6. The van der Waals surface area contributed by atoms with Gasteiger partial charge in [0.1, 0.15) is 5.01 Å². The molecule has 0 bridgehead atoms. The van der Waals surface area contributed by atoms with Gasteiger partial charge in [-0.2, -0.15) is 11.3 Å². The molecule has 5 nitrogen and oxygen atoms in total. The minimum absolute atomic E-state index is 0.00685. The van der Waals surface area contributed by atoms with Crippen molar-refractivity contribution in [1.82, 2.24) is 9.88 Å². The second-order valence-electron chi connectivity index (χ2n) is 9.90. The molecule has 0 unspecified atom stereocenters. The molecule has 2 aromatic heterocycles. The molecule has 0 spiro atoms. The maximum atomic E-state index is 13.1. The molecule has 7 heteroatoms. The van der Waals surface area contributed by atoms with E-state index in [1.54, 1.807) is 11.3 Å². The van der Waals surface area contributed by atoms with Crippen LogP contribution in [0.1, 0.15) is 50.1 Å². The number of aliphatic hydroxyl groups is 1. The Hall–Kier alpha value is -1.28. The van der Waals surface area contributed by atoms with E-state index >= 15 is 0 Å². The molecule has 1 saturated carbocycles. The molecule has 0 radical (unpaired) electrons. The van der Waals surface area contributed by atoms with Crippen LogP contribution >= 0.6 is 22.7 Å². The van der Waals surface area contributed by atoms with Gasteiger partial charge in [0.05, 0.1) is 25.0 Å². The summed E-state index contributed by atoms with van der Waals surface area (Å²) < 4.78 is 5.41. The van der Waals surface area contributed by atoms with E-state index < -0.39 is 6.10 Å². The normalized spacial score (nSPS) is 34.1. The molecule has 1 amide bonds. The third kappa shape index (κ3) is 3.67. The molecule has 5 rings (SSSR count). The van der Waals surface area contributed by atoms with Crippen molar-refractivity contribution >= 4 is 28.6 Å². The maximum Gasteiger partial charge on any atom is 0.225 e. The van der Waals surface area contributed by atoms with Gasteiger partial charge in [0.15, 0.2) is 0 Å². The summed E-state index contributed by atoms with van der Waals surface area (Å²) in [6.45, 7) is 9.15. The lowest BCUT2D eigenvalue weighted by Crippen LogP contribution is -2.54. The molecule has 2 aliphatic carbocycles. The standard InChI is InChI=1S/C24H32N2O3S2/c1-14(23(28)26-7-9-29-10-8-26)17-4-6-24(3)12-18-20(15(2)19(24)21(17)27)25-22(31-18)16-5-11-30-13-16/h5,11,13-15,17,19,21,27H,4,6-10,12H2,1-3H3/t14-,15-,17+,19+,21-,24-/m0/s1. The number of thiophene rings is 1. The number of carbonyl (C=O) groups excluding carboxylic acids is 1. The van der Waals surface area contributed by atoms with Gasteiger partial charge in [0, 0.05) is 40.7 Å². The molecule has 3 heterocycles. The molecule has 0 aromatic carbocycles. The molecule has 2 aromatic rings. The highest BCUT2D eigenvalue weighted by molar-refractivity contribution is 7.15. The number of fused-ring (bicyclic) bond motifs is 2. The molecule has 1 saturated heterocycles. The Morgan fingerprint density at radius 2 is 2.16 bits per heavy atom. The monoisotopic (exact) mass is 460 g/mol. The lowest BCUT2D eigenvalue weighted by atomic mass is 9.53. The van der Waals surface area contributed by atoms with Gasteiger partial charge in [-0.15, -0.1) is 11.3 Å². The highest BCUT2D eigenvalue weighted by Gasteiger charge is 2.54. The van der Waals surface area contributed by atoms with Gasteiger partial charge in [-0.05, 0) is 48.0 Å². The highest BCUT2D eigenvalue weighted by Crippen LogP contribution is 2.57. The van der Waals surface area contributed by atoms with Crippen LogP contribution in [0.4, 0.5) is 0 Å². The van der Waals surface area contributed by atoms with Crippen LogP contribution in [0.3, 0.4) is 0 Å². The fourth-order valence-electron chi connectivity index (χ4n) is 6.31.